The van der Waals surface area contributed by atoms with Gasteiger partial charge < -0.3 is 20.3 Å². The molecule has 13 heteroatoms. The van der Waals surface area contributed by atoms with Crippen LogP contribution in [0, 0.1) is 0 Å². The van der Waals surface area contributed by atoms with Crippen LogP contribution in [0.1, 0.15) is 35.4 Å². The van der Waals surface area contributed by atoms with Crippen molar-refractivity contribution in [1.29, 1.82) is 0 Å². The van der Waals surface area contributed by atoms with Gasteiger partial charge in [-0.1, -0.05) is 53.5 Å². The molecule has 39 heavy (non-hydrogen) atoms. The van der Waals surface area contributed by atoms with E-state index in [9.17, 15) is 19.8 Å². The first-order chi connectivity index (χ1) is 18.5. The van der Waals surface area contributed by atoms with E-state index in [1.807, 2.05) is 6.07 Å². The number of hydrogen-bond acceptors (Lipinski definition) is 8. The van der Waals surface area contributed by atoms with E-state index in [2.05, 4.69) is 26.4 Å². The van der Waals surface area contributed by atoms with Gasteiger partial charge in [0.05, 0.1) is 28.2 Å². The van der Waals surface area contributed by atoms with Gasteiger partial charge in [-0.05, 0) is 51.8 Å². The van der Waals surface area contributed by atoms with E-state index in [1.165, 1.54) is 10.7 Å². The monoisotopic (exact) mass is 578 g/mol. The topological polar surface area (TPSA) is 150 Å². The molecule has 0 spiro atoms. The Morgan fingerprint density at radius 2 is 1.72 bits per heavy atom. The van der Waals surface area contributed by atoms with Gasteiger partial charge in [0.1, 0.15) is 12.3 Å². The summed E-state index contributed by atoms with van der Waals surface area (Å²) in [5.41, 5.74) is -1.65. The van der Waals surface area contributed by atoms with Crippen LogP contribution in [0.15, 0.2) is 54.6 Å². The molecular weight excluding hydrogens is 547 g/mol. The molecule has 0 bridgehead atoms. The number of carbonyl (C=O) groups is 2. The van der Waals surface area contributed by atoms with Crippen molar-refractivity contribution >= 4 is 35.1 Å². The lowest BCUT2D eigenvalue weighted by Gasteiger charge is -2.44. The lowest BCUT2D eigenvalue weighted by Crippen LogP contribution is -2.74. The molecule has 0 aliphatic heterocycles. The number of aromatic nitrogens is 2. The number of rotatable bonds is 13. The minimum absolute atomic E-state index is 0.0413. The van der Waals surface area contributed by atoms with E-state index < -0.39 is 35.7 Å². The van der Waals surface area contributed by atoms with Crippen molar-refractivity contribution < 1.29 is 24.5 Å². The number of hydrogen-bond donors (Lipinski definition) is 6. The molecule has 6 N–H and O–H groups in total. The summed E-state index contributed by atoms with van der Waals surface area (Å²) in [6.07, 6.45) is -0.434. The second-order valence-electron chi connectivity index (χ2n) is 8.91. The third kappa shape index (κ3) is 6.70. The normalized spacial score (nSPS) is 13.9. The quantitative estimate of drug-likeness (QED) is 0.168. The smallest absolute Gasteiger partial charge is 0.305 e. The fourth-order valence-corrected chi connectivity index (χ4v) is 4.39. The summed E-state index contributed by atoms with van der Waals surface area (Å²) < 4.78 is 7.43. The second kappa shape index (κ2) is 12.8. The lowest BCUT2D eigenvalue weighted by molar-refractivity contribution is -0.137. The Bertz CT molecular complexity index is 1300. The number of para-hydroxylation sites is 1. The number of likely N-dealkylation sites (N-methyl/N-ethyl adjacent to an activating group) is 3. The highest BCUT2D eigenvalue weighted by Crippen LogP contribution is 2.32. The van der Waals surface area contributed by atoms with Crippen molar-refractivity contribution in [3.05, 3.63) is 75.9 Å². The number of aliphatic hydroxyl groups is 1. The first-order valence-electron chi connectivity index (χ1n) is 12.0. The van der Waals surface area contributed by atoms with E-state index >= 15 is 0 Å². The molecule has 0 radical (unpaired) electrons. The number of carboxylic acids is 1. The van der Waals surface area contributed by atoms with Crippen molar-refractivity contribution in [3.8, 4) is 11.6 Å². The van der Waals surface area contributed by atoms with Crippen LogP contribution in [0.25, 0.3) is 5.69 Å². The summed E-state index contributed by atoms with van der Waals surface area (Å²) in [7, 11) is 4.97. The molecule has 210 valence electrons. The van der Waals surface area contributed by atoms with Gasteiger partial charge in [-0.15, -0.1) is 0 Å². The number of nitrogens with zero attached hydrogens (tertiary/aromatic N) is 2. The third-order valence-corrected chi connectivity index (χ3v) is 7.45. The zero-order valence-electron chi connectivity index (χ0n) is 22.0. The Morgan fingerprint density at radius 1 is 1.05 bits per heavy atom. The van der Waals surface area contributed by atoms with Crippen molar-refractivity contribution in [1.82, 2.24) is 31.0 Å². The maximum Gasteiger partial charge on any atom is 0.305 e. The summed E-state index contributed by atoms with van der Waals surface area (Å²) in [6, 6.07) is 14.2. The van der Waals surface area contributed by atoms with Crippen molar-refractivity contribution in [2.24, 2.45) is 0 Å². The summed E-state index contributed by atoms with van der Waals surface area (Å²) in [5, 5.41) is 37.2. The van der Waals surface area contributed by atoms with Crippen molar-refractivity contribution in [2.75, 3.05) is 27.7 Å². The molecule has 1 heterocycles. The fraction of sp³-hybridized carbons (Fsp3) is 0.346. The van der Waals surface area contributed by atoms with Crippen molar-refractivity contribution in [2.45, 2.75) is 30.8 Å². The highest BCUT2D eigenvalue weighted by Gasteiger charge is 2.45. The highest BCUT2D eigenvalue weighted by molar-refractivity contribution is 6.42. The van der Waals surface area contributed by atoms with Gasteiger partial charge in [-0.3, -0.25) is 25.5 Å². The Hall–Kier alpha value is -3.19. The van der Waals surface area contributed by atoms with Gasteiger partial charge in [0, 0.05) is 6.07 Å². The van der Waals surface area contributed by atoms with E-state index in [-0.39, 0.29) is 28.2 Å². The lowest BCUT2D eigenvalue weighted by atomic mass is 9.98. The van der Waals surface area contributed by atoms with Gasteiger partial charge in [-0.2, -0.15) is 5.10 Å². The average Bonchev–Trinajstić information content (AvgIpc) is 3.37. The van der Waals surface area contributed by atoms with Crippen LogP contribution in [0.4, 0.5) is 0 Å². The first kappa shape index (κ1) is 30.4. The number of aliphatic carboxylic acids is 1. The molecule has 2 aromatic carbocycles. The largest absolute Gasteiger partial charge is 0.481 e. The molecule has 0 aliphatic carbocycles. The minimum atomic E-state index is -1.58. The summed E-state index contributed by atoms with van der Waals surface area (Å²) in [4.78, 5) is 24.9. The molecule has 3 rings (SSSR count). The molecule has 0 unspecified atom stereocenters. The molecule has 0 aliphatic rings. The predicted octanol–water partition coefficient (Wildman–Crippen LogP) is 2.57. The van der Waals surface area contributed by atoms with Gasteiger partial charge in [0.2, 0.25) is 5.88 Å². The zero-order chi connectivity index (χ0) is 28.8. The number of carbonyl (C=O) groups excluding carboxylic acids is 1. The zero-order valence-corrected chi connectivity index (χ0v) is 23.5. The molecule has 0 saturated carbocycles. The van der Waals surface area contributed by atoms with Gasteiger partial charge in [-0.25, -0.2) is 4.68 Å². The van der Waals surface area contributed by atoms with Crippen LogP contribution >= 0.6 is 23.2 Å². The van der Waals surface area contributed by atoms with E-state index in [0.717, 1.165) is 0 Å². The molecule has 1 aromatic heterocycles. The summed E-state index contributed by atoms with van der Waals surface area (Å²) in [6.45, 7) is 1.52. The van der Waals surface area contributed by atoms with E-state index in [1.54, 1.807) is 70.5 Å². The van der Waals surface area contributed by atoms with Crippen molar-refractivity contribution in [3.63, 3.8) is 0 Å². The van der Waals surface area contributed by atoms with Gasteiger partial charge >= 0.3 is 5.97 Å². The molecular formula is C26H32Cl2N6O5. The maximum absolute atomic E-state index is 13.3. The van der Waals surface area contributed by atoms with Crippen LogP contribution < -0.4 is 26.0 Å². The van der Waals surface area contributed by atoms with Crippen LogP contribution in [0.2, 0.25) is 10.0 Å². The number of amides is 1. The van der Waals surface area contributed by atoms with E-state index in [0.29, 0.717) is 11.3 Å². The number of nitrogens with one attached hydrogen (secondary N) is 4. The number of carboxylic acid groups (broad SMARTS) is 1. The summed E-state index contributed by atoms with van der Waals surface area (Å²) >= 11 is 12.4. The maximum atomic E-state index is 13.3. The Balaban J connectivity index is 1.96. The number of halogens is 2. The standard InChI is InChI=1S/C26H32Cl2N6O5/c1-25(29-2,30-3)26(38,31-4)15-39-21-13-20(33-34(21)16-9-6-5-7-10-16)24(37)32-19(14-22(35)36)17-11-8-12-18(27)23(17)28/h5-13,19,29-31,38H,14-15H2,1-4H3,(H,32,37)(H,35,36)/t19-,26-/m0/s1. The highest BCUT2D eigenvalue weighted by atomic mass is 35.5. The number of ether oxygens (including phenoxy) is 1. The van der Waals surface area contributed by atoms with Crippen LogP contribution in [0.5, 0.6) is 5.88 Å². The van der Waals surface area contributed by atoms with Crippen LogP contribution in [-0.2, 0) is 4.79 Å². The SMILES string of the molecule is CNC(C)(NC)[C@@](O)(COc1cc(C(=O)N[C@@H](CC(=O)O)c2cccc(Cl)c2Cl)nn1-c1ccccc1)NC. The van der Waals surface area contributed by atoms with E-state index in [4.69, 9.17) is 27.9 Å². The molecule has 3 aromatic rings. The predicted molar refractivity (Wildman–Crippen MR) is 149 cm³/mol. The molecule has 1 amide bonds. The number of benzene rings is 2. The molecule has 0 saturated heterocycles. The Morgan fingerprint density at radius 3 is 2.31 bits per heavy atom. The van der Waals surface area contributed by atoms with Gasteiger partial charge in [0.15, 0.2) is 11.4 Å². The summed E-state index contributed by atoms with van der Waals surface area (Å²) in [5.74, 6) is -1.63. The van der Waals surface area contributed by atoms with Crippen LogP contribution in [-0.4, -0.2) is 71.0 Å². The average molecular weight is 579 g/mol. The van der Waals surface area contributed by atoms with Crippen LogP contribution in [0.3, 0.4) is 0 Å². The van der Waals surface area contributed by atoms with Gasteiger partial charge in [0.25, 0.3) is 5.91 Å². The Labute approximate surface area is 236 Å². The second-order valence-corrected chi connectivity index (χ2v) is 9.69. The molecule has 2 atom stereocenters. The molecule has 11 nitrogen and oxygen atoms in total. The molecule has 0 fully saturated rings. The minimum Gasteiger partial charge on any atom is -0.481 e. The third-order valence-electron chi connectivity index (χ3n) is 6.62. The Kier molecular flexibility index (Phi) is 9.94. The fourth-order valence-electron chi connectivity index (χ4n) is 3.95. The first-order valence-corrected chi connectivity index (χ1v) is 12.8.